The van der Waals surface area contributed by atoms with Crippen LogP contribution >= 0.6 is 0 Å². The van der Waals surface area contributed by atoms with Crippen LogP contribution in [-0.4, -0.2) is 4.57 Å². The van der Waals surface area contributed by atoms with E-state index in [2.05, 4.69) is 84.8 Å². The van der Waals surface area contributed by atoms with Gasteiger partial charge in [-0.25, -0.2) is 4.57 Å². The van der Waals surface area contributed by atoms with E-state index in [0.29, 0.717) is 0 Å². The van der Waals surface area contributed by atoms with Crippen molar-refractivity contribution >= 4 is 10.9 Å². The minimum absolute atomic E-state index is 0. The van der Waals surface area contributed by atoms with Crippen LogP contribution < -0.4 is 4.57 Å². The van der Waals surface area contributed by atoms with Gasteiger partial charge < -0.3 is 0 Å². The molecule has 2 nitrogen and oxygen atoms in total. The van der Waals surface area contributed by atoms with Gasteiger partial charge in [-0.05, 0) is 36.7 Å². The quantitative estimate of drug-likeness (QED) is 0.350. The molecule has 0 bridgehead atoms. The Bertz CT molecular complexity index is 1030. The van der Waals surface area contributed by atoms with Gasteiger partial charge in [0.2, 0.25) is 0 Å². The van der Waals surface area contributed by atoms with Crippen molar-refractivity contribution in [2.75, 3.05) is 0 Å². The topological polar surface area (TPSA) is 8.81 Å². The summed E-state index contributed by atoms with van der Waals surface area (Å²) >= 11 is 0. The maximum atomic E-state index is 3.58. The Morgan fingerprint density at radius 2 is 1.84 bits per heavy atom. The number of aromatic nitrogens is 2. The molecule has 121 valence electrons. The summed E-state index contributed by atoms with van der Waals surface area (Å²) in [5.74, 6) is 1.13. The molecule has 0 spiro atoms. The van der Waals surface area contributed by atoms with Gasteiger partial charge in [-0.3, -0.25) is 4.57 Å². The third-order valence-electron chi connectivity index (χ3n) is 4.41. The summed E-state index contributed by atoms with van der Waals surface area (Å²) in [5.41, 5.74) is 5.77. The summed E-state index contributed by atoms with van der Waals surface area (Å²) in [7, 11) is 2.08. The summed E-state index contributed by atoms with van der Waals surface area (Å²) in [4.78, 5) is 0. The third-order valence-corrected chi connectivity index (χ3v) is 4.41. The van der Waals surface area contributed by atoms with Gasteiger partial charge in [-0.15, -0.1) is 29.7 Å². The van der Waals surface area contributed by atoms with E-state index in [1.807, 2.05) is 18.2 Å². The fourth-order valence-corrected chi connectivity index (χ4v) is 3.19. The number of fused-ring (bicyclic) bond motifs is 1. The van der Waals surface area contributed by atoms with Crippen molar-refractivity contribution in [2.24, 2.45) is 7.05 Å². The SMILES string of the molecule is Cc1cc[n+](C)c(-n2c(-c3[c-]cccc3)[c-]c3cccc(C)c32)c1.[Y]. The Hall–Kier alpha value is -1.77. The molecular weight excluding hydrogens is 381 g/mol. The molecule has 0 N–H and O–H groups in total. The average molecular weight is 400 g/mol. The minimum atomic E-state index is 0. The Morgan fingerprint density at radius 3 is 2.60 bits per heavy atom. The molecule has 25 heavy (non-hydrogen) atoms. The molecule has 2 aromatic carbocycles. The van der Waals surface area contributed by atoms with Gasteiger partial charge in [0, 0.05) is 38.8 Å². The van der Waals surface area contributed by atoms with Crippen molar-refractivity contribution in [1.29, 1.82) is 0 Å². The fraction of sp³-hybridized carbons (Fsp3) is 0.136. The van der Waals surface area contributed by atoms with Crippen LogP contribution in [0.2, 0.25) is 0 Å². The molecule has 0 atom stereocenters. The first-order chi connectivity index (χ1) is 11.6. The van der Waals surface area contributed by atoms with Crippen molar-refractivity contribution < 1.29 is 37.3 Å². The summed E-state index contributed by atoms with van der Waals surface area (Å²) in [6.45, 7) is 4.28. The van der Waals surface area contributed by atoms with E-state index in [9.17, 15) is 0 Å². The molecule has 4 aromatic rings. The number of benzene rings is 2. The second-order valence-electron chi connectivity index (χ2n) is 6.23. The first-order valence-corrected chi connectivity index (χ1v) is 8.12. The van der Waals surface area contributed by atoms with Gasteiger partial charge in [0.15, 0.2) is 0 Å². The zero-order valence-electron chi connectivity index (χ0n) is 14.7. The van der Waals surface area contributed by atoms with Gasteiger partial charge in [0.25, 0.3) is 5.82 Å². The Balaban J connectivity index is 0.00000182. The number of aryl methyl sites for hydroxylation is 3. The Kier molecular flexibility index (Phi) is 5.22. The van der Waals surface area contributed by atoms with Gasteiger partial charge in [0.1, 0.15) is 0 Å². The zero-order chi connectivity index (χ0) is 16.7. The number of hydrogen-bond acceptors (Lipinski definition) is 0. The predicted octanol–water partition coefficient (Wildman–Crippen LogP) is 4.34. The monoisotopic (exact) mass is 400 g/mol. The van der Waals surface area contributed by atoms with Crippen LogP contribution in [0.3, 0.4) is 0 Å². The van der Waals surface area contributed by atoms with E-state index in [-0.39, 0.29) is 32.7 Å². The van der Waals surface area contributed by atoms with Crippen LogP contribution in [0.1, 0.15) is 11.1 Å². The second-order valence-corrected chi connectivity index (χ2v) is 6.23. The predicted molar refractivity (Wildman–Crippen MR) is 97.0 cm³/mol. The van der Waals surface area contributed by atoms with E-state index in [0.717, 1.165) is 22.5 Å². The molecule has 0 fully saturated rings. The summed E-state index contributed by atoms with van der Waals surface area (Å²) in [5, 5.41) is 1.13. The number of rotatable bonds is 2. The number of pyridine rings is 1. The average Bonchev–Trinajstić information content (AvgIpc) is 2.98. The van der Waals surface area contributed by atoms with E-state index in [4.69, 9.17) is 0 Å². The van der Waals surface area contributed by atoms with Gasteiger partial charge in [0.05, 0.1) is 18.8 Å². The molecule has 3 heteroatoms. The molecule has 2 aromatic heterocycles. The third kappa shape index (κ3) is 3.21. The number of hydrogen-bond donors (Lipinski definition) is 0. The first kappa shape index (κ1) is 18.0. The van der Waals surface area contributed by atoms with Crippen molar-refractivity contribution in [2.45, 2.75) is 13.8 Å². The van der Waals surface area contributed by atoms with Crippen molar-refractivity contribution in [3.05, 3.63) is 84.1 Å². The zero-order valence-corrected chi connectivity index (χ0v) is 17.6. The molecule has 4 rings (SSSR count). The Labute approximate surface area is 174 Å². The van der Waals surface area contributed by atoms with Crippen LogP contribution in [0.5, 0.6) is 0 Å². The normalized spacial score (nSPS) is 10.7. The Morgan fingerprint density at radius 1 is 1.00 bits per heavy atom. The minimum Gasteiger partial charge on any atom is -0.291 e. The first-order valence-electron chi connectivity index (χ1n) is 8.12. The summed E-state index contributed by atoms with van der Waals surface area (Å²) in [6, 6.07) is 25.7. The summed E-state index contributed by atoms with van der Waals surface area (Å²) in [6.07, 6.45) is 2.10. The molecule has 2 heterocycles. The second kappa shape index (κ2) is 7.23. The van der Waals surface area contributed by atoms with Crippen molar-refractivity contribution in [3.8, 4) is 17.1 Å². The molecule has 0 aliphatic rings. The van der Waals surface area contributed by atoms with Crippen LogP contribution in [0.4, 0.5) is 0 Å². The fourth-order valence-electron chi connectivity index (χ4n) is 3.19. The molecule has 1 radical (unpaired) electrons. The maximum Gasteiger partial charge on any atom is 0.268 e. The largest absolute Gasteiger partial charge is 0.291 e. The van der Waals surface area contributed by atoms with Crippen LogP contribution in [0.15, 0.2) is 60.8 Å². The molecule has 0 amide bonds. The molecule has 0 saturated carbocycles. The van der Waals surface area contributed by atoms with Crippen LogP contribution in [0.25, 0.3) is 28.0 Å². The summed E-state index contributed by atoms with van der Waals surface area (Å²) < 4.78 is 4.45. The van der Waals surface area contributed by atoms with E-state index in [1.54, 1.807) is 0 Å². The molecule has 0 aliphatic heterocycles. The smallest absolute Gasteiger partial charge is 0.268 e. The van der Waals surface area contributed by atoms with Crippen LogP contribution in [0, 0.1) is 26.0 Å². The molecular formula is C22H19N2Y-. The molecule has 0 saturated heterocycles. The van der Waals surface area contributed by atoms with Gasteiger partial charge in [-0.2, -0.15) is 29.8 Å². The van der Waals surface area contributed by atoms with E-state index in [1.165, 1.54) is 16.6 Å². The van der Waals surface area contributed by atoms with Gasteiger partial charge in [-0.1, -0.05) is 6.07 Å². The van der Waals surface area contributed by atoms with Crippen LogP contribution in [-0.2, 0) is 39.8 Å². The van der Waals surface area contributed by atoms with E-state index >= 15 is 0 Å². The van der Waals surface area contributed by atoms with E-state index < -0.39 is 0 Å². The molecule has 0 aliphatic carbocycles. The molecule has 0 unspecified atom stereocenters. The number of nitrogens with zero attached hydrogens (tertiary/aromatic N) is 2. The van der Waals surface area contributed by atoms with Gasteiger partial charge >= 0.3 is 0 Å². The maximum absolute atomic E-state index is 3.58. The van der Waals surface area contributed by atoms with Crippen molar-refractivity contribution in [1.82, 2.24) is 4.57 Å². The standard InChI is InChI=1S/C22H19N2.Y/c1-16-12-13-23(3)21(14-16)24-20(18-9-5-4-6-10-18)15-19-11-7-8-17(2)22(19)24;/h4-9,11-14H,1-3H3;/q-1;. The number of para-hydroxylation sites is 1. The van der Waals surface area contributed by atoms with Crippen molar-refractivity contribution in [3.63, 3.8) is 0 Å².